The van der Waals surface area contributed by atoms with E-state index in [0.717, 1.165) is 10.0 Å². The van der Waals surface area contributed by atoms with Crippen LogP contribution in [0.1, 0.15) is 18.9 Å². The van der Waals surface area contributed by atoms with Gasteiger partial charge in [0, 0.05) is 24.6 Å². The van der Waals surface area contributed by atoms with E-state index in [2.05, 4.69) is 22.0 Å². The van der Waals surface area contributed by atoms with Crippen molar-refractivity contribution in [3.05, 3.63) is 34.3 Å². The van der Waals surface area contributed by atoms with Crippen LogP contribution in [0.5, 0.6) is 0 Å². The Morgan fingerprint density at radius 2 is 2.05 bits per heavy atom. The monoisotopic (exact) mass is 337 g/mol. The van der Waals surface area contributed by atoms with Crippen LogP contribution in [0.4, 0.5) is 0 Å². The summed E-state index contributed by atoms with van der Waals surface area (Å²) in [7, 11) is 3.67. The van der Waals surface area contributed by atoms with Gasteiger partial charge in [-0.3, -0.25) is 9.69 Å². The minimum atomic E-state index is -0.217. The van der Waals surface area contributed by atoms with E-state index in [9.17, 15) is 4.79 Å². The quantitative estimate of drug-likeness (QED) is 0.801. The smallest absolute Gasteiger partial charge is 0.239 e. The molecule has 20 heavy (non-hydrogen) atoms. The molecule has 0 N–H and O–H groups in total. The van der Waals surface area contributed by atoms with E-state index in [1.54, 1.807) is 11.9 Å². The highest BCUT2D eigenvalue weighted by atomic mass is 79.9. The van der Waals surface area contributed by atoms with Gasteiger partial charge < -0.3 is 4.90 Å². The number of carbonyl (C=O) groups excluding carboxylic acids is 1. The van der Waals surface area contributed by atoms with Crippen molar-refractivity contribution in [1.82, 2.24) is 9.80 Å². The Balaban J connectivity index is 2.63. The average Bonchev–Trinajstić information content (AvgIpc) is 2.45. The Morgan fingerprint density at radius 3 is 2.65 bits per heavy atom. The van der Waals surface area contributed by atoms with Gasteiger partial charge in [-0.25, -0.2) is 0 Å². The number of rotatable bonds is 6. The topological polar surface area (TPSA) is 47.3 Å². The summed E-state index contributed by atoms with van der Waals surface area (Å²) in [6, 6.07) is 9.83. The van der Waals surface area contributed by atoms with Gasteiger partial charge in [0.1, 0.15) is 0 Å². The molecule has 108 valence electrons. The van der Waals surface area contributed by atoms with E-state index in [4.69, 9.17) is 5.26 Å². The van der Waals surface area contributed by atoms with Crippen LogP contribution in [0, 0.1) is 11.3 Å². The Bertz CT molecular complexity index is 498. The Labute approximate surface area is 129 Å². The normalized spacial score (nSPS) is 12.0. The number of likely N-dealkylation sites (N-methyl/N-ethyl adjacent to an activating group) is 2. The molecule has 5 heteroatoms. The van der Waals surface area contributed by atoms with Crippen molar-refractivity contribution in [3.63, 3.8) is 0 Å². The second-order valence-corrected chi connectivity index (χ2v) is 5.70. The Hall–Kier alpha value is -1.38. The van der Waals surface area contributed by atoms with Gasteiger partial charge >= 0.3 is 0 Å². The summed E-state index contributed by atoms with van der Waals surface area (Å²) in [5, 5.41) is 8.57. The molecule has 0 bridgehead atoms. The lowest BCUT2D eigenvalue weighted by molar-refractivity contribution is -0.134. The van der Waals surface area contributed by atoms with E-state index in [1.165, 1.54) is 0 Å². The summed E-state index contributed by atoms with van der Waals surface area (Å²) in [6.45, 7) is 3.06. The minimum Gasteiger partial charge on any atom is -0.343 e. The van der Waals surface area contributed by atoms with Gasteiger partial charge in [-0.05, 0) is 25.6 Å². The third-order valence-corrected chi connectivity index (χ3v) is 4.10. The molecular weight excluding hydrogens is 318 g/mol. The molecule has 1 aromatic rings. The molecule has 0 saturated heterocycles. The second kappa shape index (κ2) is 8.03. The summed E-state index contributed by atoms with van der Waals surface area (Å²) in [5.74, 6) is 0.0369. The molecule has 0 aliphatic carbocycles. The SMILES string of the molecule is CC(C(=O)N(C)CCC#N)N(C)Cc1ccccc1Br. The van der Waals surface area contributed by atoms with Crippen LogP contribution in [0.25, 0.3) is 0 Å². The van der Waals surface area contributed by atoms with Crippen LogP contribution >= 0.6 is 15.9 Å². The molecule has 0 heterocycles. The van der Waals surface area contributed by atoms with E-state index in [0.29, 0.717) is 19.5 Å². The van der Waals surface area contributed by atoms with Crippen molar-refractivity contribution < 1.29 is 4.79 Å². The zero-order chi connectivity index (χ0) is 15.1. The van der Waals surface area contributed by atoms with Gasteiger partial charge in [0.15, 0.2) is 0 Å². The largest absolute Gasteiger partial charge is 0.343 e. The van der Waals surface area contributed by atoms with Crippen molar-refractivity contribution in [2.24, 2.45) is 0 Å². The predicted octanol–water partition coefficient (Wildman–Crippen LogP) is 2.64. The van der Waals surface area contributed by atoms with Crippen molar-refractivity contribution >= 4 is 21.8 Å². The van der Waals surface area contributed by atoms with Gasteiger partial charge in [-0.15, -0.1) is 0 Å². The standard InChI is InChI=1S/C15H20BrN3O/c1-12(15(20)18(2)10-6-9-17)19(3)11-13-7-4-5-8-14(13)16/h4-5,7-8,12H,6,10-11H2,1-3H3. The summed E-state index contributed by atoms with van der Waals surface area (Å²) in [6.07, 6.45) is 0.364. The molecule has 0 aromatic heterocycles. The minimum absolute atomic E-state index is 0.0369. The van der Waals surface area contributed by atoms with Crippen molar-refractivity contribution in [1.29, 1.82) is 5.26 Å². The number of amides is 1. The fourth-order valence-corrected chi connectivity index (χ4v) is 2.28. The summed E-state index contributed by atoms with van der Waals surface area (Å²) >= 11 is 3.52. The van der Waals surface area contributed by atoms with E-state index < -0.39 is 0 Å². The maximum atomic E-state index is 12.2. The number of nitrogens with zero attached hydrogens (tertiary/aromatic N) is 3. The molecule has 1 atom stereocenters. The maximum absolute atomic E-state index is 12.2. The number of carbonyl (C=O) groups is 1. The molecule has 1 unspecified atom stereocenters. The first kappa shape index (κ1) is 16.7. The third kappa shape index (κ3) is 4.62. The highest BCUT2D eigenvalue weighted by molar-refractivity contribution is 9.10. The highest BCUT2D eigenvalue weighted by Gasteiger charge is 2.21. The summed E-state index contributed by atoms with van der Waals surface area (Å²) < 4.78 is 1.05. The van der Waals surface area contributed by atoms with Crippen molar-refractivity contribution in [3.8, 4) is 6.07 Å². The van der Waals surface area contributed by atoms with E-state index in [-0.39, 0.29) is 11.9 Å². The maximum Gasteiger partial charge on any atom is 0.239 e. The number of benzene rings is 1. The van der Waals surface area contributed by atoms with Gasteiger partial charge in [0.25, 0.3) is 0 Å². The van der Waals surface area contributed by atoms with Gasteiger partial charge in [0.05, 0.1) is 18.5 Å². The zero-order valence-corrected chi connectivity index (χ0v) is 13.7. The molecule has 0 saturated carbocycles. The molecular formula is C15H20BrN3O. The predicted molar refractivity (Wildman–Crippen MR) is 82.9 cm³/mol. The van der Waals surface area contributed by atoms with Gasteiger partial charge in [0.2, 0.25) is 5.91 Å². The van der Waals surface area contributed by atoms with Crippen molar-refractivity contribution in [2.75, 3.05) is 20.6 Å². The molecule has 0 fully saturated rings. The molecule has 1 amide bonds. The number of nitriles is 1. The number of halogens is 1. The molecule has 1 rings (SSSR count). The van der Waals surface area contributed by atoms with Crippen LogP contribution in [0.3, 0.4) is 0 Å². The van der Waals surface area contributed by atoms with Gasteiger partial charge in [-0.1, -0.05) is 34.1 Å². The first-order valence-electron chi connectivity index (χ1n) is 6.53. The van der Waals surface area contributed by atoms with E-state index >= 15 is 0 Å². The zero-order valence-electron chi connectivity index (χ0n) is 12.1. The van der Waals surface area contributed by atoms with Gasteiger partial charge in [-0.2, -0.15) is 5.26 Å². The lowest BCUT2D eigenvalue weighted by Crippen LogP contribution is -2.44. The van der Waals surface area contributed by atoms with Crippen LogP contribution in [0.2, 0.25) is 0 Å². The first-order chi connectivity index (χ1) is 9.47. The van der Waals surface area contributed by atoms with Crippen molar-refractivity contribution in [2.45, 2.75) is 25.9 Å². The Kier molecular flexibility index (Phi) is 6.69. The molecule has 4 nitrogen and oxygen atoms in total. The fraction of sp³-hybridized carbons (Fsp3) is 0.467. The highest BCUT2D eigenvalue weighted by Crippen LogP contribution is 2.18. The lowest BCUT2D eigenvalue weighted by Gasteiger charge is -2.28. The molecule has 0 radical (unpaired) electrons. The number of hydrogen-bond acceptors (Lipinski definition) is 3. The van der Waals surface area contributed by atoms with Crippen LogP contribution in [0.15, 0.2) is 28.7 Å². The molecule has 0 spiro atoms. The molecule has 0 aliphatic rings. The summed E-state index contributed by atoms with van der Waals surface area (Å²) in [5.41, 5.74) is 1.15. The van der Waals surface area contributed by atoms with Crippen LogP contribution < -0.4 is 0 Å². The third-order valence-electron chi connectivity index (χ3n) is 3.33. The number of hydrogen-bond donors (Lipinski definition) is 0. The average molecular weight is 338 g/mol. The van der Waals surface area contributed by atoms with Crippen LogP contribution in [-0.2, 0) is 11.3 Å². The molecule has 1 aromatic carbocycles. The lowest BCUT2D eigenvalue weighted by atomic mass is 10.2. The first-order valence-corrected chi connectivity index (χ1v) is 7.32. The summed E-state index contributed by atoms with van der Waals surface area (Å²) in [4.78, 5) is 15.8. The van der Waals surface area contributed by atoms with Crippen LogP contribution in [-0.4, -0.2) is 42.4 Å². The second-order valence-electron chi connectivity index (χ2n) is 4.85. The Morgan fingerprint density at radius 1 is 1.40 bits per heavy atom. The molecule has 0 aliphatic heterocycles. The van der Waals surface area contributed by atoms with E-state index in [1.807, 2.05) is 43.1 Å². The fourth-order valence-electron chi connectivity index (χ4n) is 1.87.